The summed E-state index contributed by atoms with van der Waals surface area (Å²) in [4.78, 5) is 62.5. The van der Waals surface area contributed by atoms with E-state index >= 15 is 0 Å². The highest BCUT2D eigenvalue weighted by molar-refractivity contribution is 6.23. The van der Waals surface area contributed by atoms with Crippen LogP contribution < -0.4 is 25.0 Å². The lowest BCUT2D eigenvalue weighted by atomic mass is 9.77. The molecule has 5 heterocycles. The quantitative estimate of drug-likeness (QED) is 0.135. The van der Waals surface area contributed by atoms with Crippen LogP contribution in [0.15, 0.2) is 79.0 Å². The number of carbonyl (C=O) groups is 4. The Morgan fingerprint density at radius 2 is 1.55 bits per heavy atom. The average molecular weight is 759 g/mol. The Morgan fingerprint density at radius 1 is 0.875 bits per heavy atom. The molecular formula is C43H46N6O7. The van der Waals surface area contributed by atoms with Gasteiger partial charge in [0, 0.05) is 48.8 Å². The minimum absolute atomic E-state index is 0.0804. The van der Waals surface area contributed by atoms with Crippen molar-refractivity contribution in [3.05, 3.63) is 107 Å². The molecular weight excluding hydrogens is 713 g/mol. The van der Waals surface area contributed by atoms with Crippen LogP contribution in [-0.2, 0) is 26.3 Å². The number of aromatic nitrogens is 2. The summed E-state index contributed by atoms with van der Waals surface area (Å²) >= 11 is 0. The molecule has 1 spiro atoms. The molecule has 4 amide bonds. The topological polar surface area (TPSA) is 152 Å². The standard InChI is InChI=1S/C43H46N6O7/c1-42(2,29-6-11-33(12-7-29)56-25-31-16-20-45-41(46-31)48-21-17-43(18-22-48)26-54-27-43)28-4-9-32(10-5-28)55-23-3-19-44-30-8-13-34-35(24-30)40(53)49(39(34)52)36-14-15-37(50)47-38(36)51/h4-13,16,20,24,36,44H,3,14-15,17-19,21-23,25-27H2,1-2H3,(H,47,50,51). The first-order valence-electron chi connectivity index (χ1n) is 19.3. The molecule has 4 aliphatic heterocycles. The van der Waals surface area contributed by atoms with Gasteiger partial charge in [-0.1, -0.05) is 38.1 Å². The summed E-state index contributed by atoms with van der Waals surface area (Å²) < 4.78 is 17.6. The van der Waals surface area contributed by atoms with E-state index in [-0.39, 0.29) is 29.4 Å². The highest BCUT2D eigenvalue weighted by Gasteiger charge is 2.45. The SMILES string of the molecule is CC(C)(c1ccc(OCCCNc2ccc3c(c2)C(=O)N(C2CCC(=O)NC2=O)C3=O)cc1)c1ccc(OCc2ccnc(N3CCC4(CC3)COC4)n2)cc1. The molecule has 2 N–H and O–H groups in total. The number of imide groups is 2. The molecule has 0 aliphatic carbocycles. The summed E-state index contributed by atoms with van der Waals surface area (Å²) in [6, 6.07) is 22.3. The number of carbonyl (C=O) groups excluding carboxylic acids is 4. The summed E-state index contributed by atoms with van der Waals surface area (Å²) in [6.07, 6.45) is 4.94. The van der Waals surface area contributed by atoms with Gasteiger partial charge >= 0.3 is 0 Å². The molecule has 3 fully saturated rings. The van der Waals surface area contributed by atoms with E-state index in [4.69, 9.17) is 19.2 Å². The van der Waals surface area contributed by atoms with Crippen molar-refractivity contribution >= 4 is 35.3 Å². The molecule has 1 atom stereocenters. The Morgan fingerprint density at radius 3 is 2.21 bits per heavy atom. The molecule has 4 aromatic rings. The Kier molecular flexibility index (Phi) is 10.2. The van der Waals surface area contributed by atoms with Gasteiger partial charge in [-0.25, -0.2) is 9.97 Å². The van der Waals surface area contributed by atoms with E-state index < -0.39 is 29.7 Å². The number of rotatable bonds is 13. The minimum atomic E-state index is -0.988. The van der Waals surface area contributed by atoms with Gasteiger partial charge in [-0.2, -0.15) is 0 Å². The second-order valence-electron chi connectivity index (χ2n) is 15.6. The molecule has 8 rings (SSSR count). The van der Waals surface area contributed by atoms with E-state index in [0.29, 0.717) is 37.3 Å². The number of hydrogen-bond acceptors (Lipinski definition) is 11. The Balaban J connectivity index is 0.782. The lowest BCUT2D eigenvalue weighted by molar-refractivity contribution is -0.136. The Labute approximate surface area is 325 Å². The molecule has 56 heavy (non-hydrogen) atoms. The molecule has 3 saturated heterocycles. The number of benzene rings is 3. The maximum Gasteiger partial charge on any atom is 0.262 e. The summed E-state index contributed by atoms with van der Waals surface area (Å²) in [5.41, 5.74) is 4.47. The van der Waals surface area contributed by atoms with Gasteiger partial charge < -0.3 is 24.4 Å². The first kappa shape index (κ1) is 37.1. The van der Waals surface area contributed by atoms with Crippen LogP contribution in [0.2, 0.25) is 0 Å². The Bertz CT molecular complexity index is 2120. The number of nitrogens with zero attached hydrogens (tertiary/aromatic N) is 4. The van der Waals surface area contributed by atoms with Crippen molar-refractivity contribution in [3.63, 3.8) is 0 Å². The number of anilines is 2. The molecule has 4 aliphatic rings. The molecule has 0 bridgehead atoms. The fourth-order valence-corrected chi connectivity index (χ4v) is 7.81. The van der Waals surface area contributed by atoms with Crippen molar-refractivity contribution in [3.8, 4) is 11.5 Å². The van der Waals surface area contributed by atoms with Gasteiger partial charge in [0.25, 0.3) is 11.8 Å². The van der Waals surface area contributed by atoms with Crippen LogP contribution in [0, 0.1) is 5.41 Å². The van der Waals surface area contributed by atoms with Crippen molar-refractivity contribution in [1.29, 1.82) is 0 Å². The highest BCUT2D eigenvalue weighted by atomic mass is 16.5. The van der Waals surface area contributed by atoms with Crippen LogP contribution in [0.5, 0.6) is 11.5 Å². The maximum absolute atomic E-state index is 13.1. The van der Waals surface area contributed by atoms with Crippen LogP contribution in [0.4, 0.5) is 11.6 Å². The van der Waals surface area contributed by atoms with E-state index in [1.807, 2.05) is 36.5 Å². The van der Waals surface area contributed by atoms with Crippen LogP contribution in [0.1, 0.15) is 83.5 Å². The highest BCUT2D eigenvalue weighted by Crippen LogP contribution is 2.39. The molecule has 3 aromatic carbocycles. The third kappa shape index (κ3) is 7.55. The number of amides is 4. The third-order valence-corrected chi connectivity index (χ3v) is 11.5. The largest absolute Gasteiger partial charge is 0.494 e. The monoisotopic (exact) mass is 758 g/mol. The van der Waals surface area contributed by atoms with Crippen molar-refractivity contribution < 1.29 is 33.4 Å². The van der Waals surface area contributed by atoms with Crippen LogP contribution in [0.25, 0.3) is 0 Å². The Hall–Kier alpha value is -5.82. The third-order valence-electron chi connectivity index (χ3n) is 11.5. The van der Waals surface area contributed by atoms with Crippen molar-refractivity contribution in [2.45, 2.75) is 64.0 Å². The minimum Gasteiger partial charge on any atom is -0.494 e. The summed E-state index contributed by atoms with van der Waals surface area (Å²) in [5, 5.41) is 5.50. The normalized spacial score (nSPS) is 19.1. The molecule has 13 heteroatoms. The van der Waals surface area contributed by atoms with E-state index in [9.17, 15) is 19.2 Å². The van der Waals surface area contributed by atoms with Crippen LogP contribution in [0.3, 0.4) is 0 Å². The second-order valence-corrected chi connectivity index (χ2v) is 15.6. The summed E-state index contributed by atoms with van der Waals surface area (Å²) in [6.45, 7) is 9.48. The second kappa shape index (κ2) is 15.4. The van der Waals surface area contributed by atoms with E-state index in [0.717, 1.165) is 78.3 Å². The first-order valence-corrected chi connectivity index (χ1v) is 19.3. The molecule has 0 saturated carbocycles. The summed E-state index contributed by atoms with van der Waals surface area (Å²) in [7, 11) is 0. The number of nitrogens with one attached hydrogen (secondary N) is 2. The number of hydrogen-bond donors (Lipinski definition) is 2. The zero-order valence-electron chi connectivity index (χ0n) is 31.7. The predicted molar refractivity (Wildman–Crippen MR) is 208 cm³/mol. The van der Waals surface area contributed by atoms with Gasteiger partial charge in [-0.3, -0.25) is 29.4 Å². The molecule has 1 unspecified atom stereocenters. The van der Waals surface area contributed by atoms with Gasteiger partial charge in [0.05, 0.1) is 36.6 Å². The zero-order valence-corrected chi connectivity index (χ0v) is 31.7. The fourth-order valence-electron chi connectivity index (χ4n) is 7.81. The van der Waals surface area contributed by atoms with E-state index in [1.165, 1.54) is 0 Å². The van der Waals surface area contributed by atoms with E-state index in [2.05, 4.69) is 58.6 Å². The maximum atomic E-state index is 13.1. The van der Waals surface area contributed by atoms with Gasteiger partial charge in [0.15, 0.2) is 0 Å². The lowest BCUT2D eigenvalue weighted by Crippen LogP contribution is -2.54. The van der Waals surface area contributed by atoms with Crippen molar-refractivity contribution in [2.75, 3.05) is 49.7 Å². The first-order chi connectivity index (χ1) is 27.1. The predicted octanol–water partition coefficient (Wildman–Crippen LogP) is 5.28. The van der Waals surface area contributed by atoms with Crippen LogP contribution >= 0.6 is 0 Å². The van der Waals surface area contributed by atoms with Crippen LogP contribution in [-0.4, -0.2) is 84.0 Å². The van der Waals surface area contributed by atoms with Crippen molar-refractivity contribution in [1.82, 2.24) is 20.2 Å². The number of piperidine rings is 2. The summed E-state index contributed by atoms with van der Waals surface area (Å²) in [5.74, 6) is 0.240. The number of fused-ring (bicyclic) bond motifs is 1. The zero-order chi connectivity index (χ0) is 38.9. The smallest absolute Gasteiger partial charge is 0.262 e. The van der Waals surface area contributed by atoms with Gasteiger partial charge in [0.1, 0.15) is 24.1 Å². The molecule has 290 valence electrons. The average Bonchev–Trinajstić information content (AvgIpc) is 3.44. The molecule has 0 radical (unpaired) electrons. The molecule has 13 nitrogen and oxygen atoms in total. The lowest BCUT2D eigenvalue weighted by Gasteiger charge is -2.47. The van der Waals surface area contributed by atoms with Gasteiger partial charge in [-0.15, -0.1) is 0 Å². The van der Waals surface area contributed by atoms with Crippen molar-refractivity contribution in [2.24, 2.45) is 5.41 Å². The van der Waals surface area contributed by atoms with Gasteiger partial charge in [0.2, 0.25) is 17.8 Å². The van der Waals surface area contributed by atoms with Gasteiger partial charge in [-0.05, 0) is 85.3 Å². The molecule has 1 aromatic heterocycles. The number of ether oxygens (including phenoxy) is 3. The fraction of sp³-hybridized carbons (Fsp3) is 0.395. The van der Waals surface area contributed by atoms with E-state index in [1.54, 1.807) is 18.2 Å².